The number of aromatic nitrogens is 1. The van der Waals surface area contributed by atoms with Crippen LogP contribution in [-0.4, -0.2) is 29.2 Å². The van der Waals surface area contributed by atoms with Gasteiger partial charge in [0.1, 0.15) is 27.3 Å². The van der Waals surface area contributed by atoms with Gasteiger partial charge in [-0.15, -0.1) is 0 Å². The zero-order valence-corrected chi connectivity index (χ0v) is 17.4. The number of alkyl halides is 2. The molecule has 3 rings (SSSR count). The fraction of sp³-hybridized carbons (Fsp3) is 0.100. The van der Waals surface area contributed by atoms with Crippen LogP contribution >= 0.6 is 23.2 Å². The van der Waals surface area contributed by atoms with E-state index in [0.717, 1.165) is 0 Å². The van der Waals surface area contributed by atoms with E-state index < -0.39 is 23.5 Å². The quantitative estimate of drug-likeness (QED) is 0.377. The maximum atomic E-state index is 14.2. The highest BCUT2D eigenvalue weighted by Gasteiger charge is 2.21. The Bertz CT molecular complexity index is 1170. The summed E-state index contributed by atoms with van der Waals surface area (Å²) in [7, 11) is 0. The largest absolute Gasteiger partial charge is 0.507 e. The minimum Gasteiger partial charge on any atom is -0.507 e. The van der Waals surface area contributed by atoms with Gasteiger partial charge in [0.15, 0.2) is 11.6 Å². The number of rotatable bonds is 8. The van der Waals surface area contributed by atoms with Gasteiger partial charge in [-0.05, 0) is 35.9 Å². The Morgan fingerprint density at radius 3 is 2.59 bits per heavy atom. The van der Waals surface area contributed by atoms with Gasteiger partial charge in [0.05, 0.1) is 6.54 Å². The molecule has 0 fully saturated rings. The van der Waals surface area contributed by atoms with Crippen molar-refractivity contribution in [1.82, 2.24) is 4.98 Å². The van der Waals surface area contributed by atoms with Gasteiger partial charge in [-0.25, -0.2) is 0 Å². The van der Waals surface area contributed by atoms with Crippen molar-refractivity contribution in [3.8, 4) is 34.1 Å². The molecule has 1 heterocycles. The van der Waals surface area contributed by atoms with Crippen molar-refractivity contribution < 1.29 is 32.5 Å². The third kappa shape index (κ3) is 5.45. The molecule has 12 heteroatoms. The second kappa shape index (κ2) is 9.84. The van der Waals surface area contributed by atoms with E-state index in [4.69, 9.17) is 33.7 Å². The van der Waals surface area contributed by atoms with Gasteiger partial charge in [0, 0.05) is 5.56 Å². The molecular weight excluding hydrogens is 474 g/mol. The van der Waals surface area contributed by atoms with E-state index in [-0.39, 0.29) is 45.9 Å². The monoisotopic (exact) mass is 487 g/mol. The number of carbonyl (C=O) groups is 1. The first kappa shape index (κ1) is 23.3. The molecule has 0 bridgehead atoms. The molecule has 168 valence electrons. The average Bonchev–Trinajstić information content (AvgIpc) is 2.73. The Balaban J connectivity index is 1.97. The molecule has 0 unspecified atom stereocenters. The first-order chi connectivity index (χ1) is 15.2. The number of nitrogens with one attached hydrogen (secondary N) is 1. The molecular formula is C20H14Cl2F3N3O4. The standard InChI is InChI=1S/C20H14Cl2F3N3O4/c21-15-17(16(22)19(28-18(15)23)27-8-14(26)30)31-11-4-5-13(29)12(7-11)9-2-1-3-10(6-9)32-20(24)25/h1-7,20,29H,8H2,(H2,26,30)(H,27,28). The van der Waals surface area contributed by atoms with E-state index in [2.05, 4.69) is 15.0 Å². The molecule has 0 spiro atoms. The summed E-state index contributed by atoms with van der Waals surface area (Å²) < 4.78 is 49.1. The number of carbonyl (C=O) groups excluding carboxylic acids is 1. The number of hydrogen-bond acceptors (Lipinski definition) is 6. The summed E-state index contributed by atoms with van der Waals surface area (Å²) in [6.07, 6.45) is 0. The van der Waals surface area contributed by atoms with Crippen molar-refractivity contribution in [1.29, 1.82) is 0 Å². The summed E-state index contributed by atoms with van der Waals surface area (Å²) in [4.78, 5) is 14.5. The van der Waals surface area contributed by atoms with E-state index in [0.29, 0.717) is 5.56 Å². The van der Waals surface area contributed by atoms with Gasteiger partial charge in [0.2, 0.25) is 11.9 Å². The van der Waals surface area contributed by atoms with Gasteiger partial charge in [-0.3, -0.25) is 4.79 Å². The van der Waals surface area contributed by atoms with E-state index in [1.165, 1.54) is 36.4 Å². The second-order valence-electron chi connectivity index (χ2n) is 6.22. The smallest absolute Gasteiger partial charge is 0.387 e. The number of aromatic hydroxyl groups is 1. The molecule has 0 saturated carbocycles. The summed E-state index contributed by atoms with van der Waals surface area (Å²) >= 11 is 12.1. The third-order valence-corrected chi connectivity index (χ3v) is 4.66. The van der Waals surface area contributed by atoms with Gasteiger partial charge in [-0.1, -0.05) is 35.3 Å². The summed E-state index contributed by atoms with van der Waals surface area (Å²) in [6.45, 7) is -3.38. The zero-order valence-electron chi connectivity index (χ0n) is 15.9. The number of primary amides is 1. The second-order valence-corrected chi connectivity index (χ2v) is 6.97. The molecule has 0 atom stereocenters. The van der Waals surface area contributed by atoms with E-state index in [1.54, 1.807) is 6.07 Å². The summed E-state index contributed by atoms with van der Waals surface area (Å²) in [5.41, 5.74) is 5.59. The summed E-state index contributed by atoms with van der Waals surface area (Å²) in [5.74, 6) is -2.61. The van der Waals surface area contributed by atoms with Crippen molar-refractivity contribution in [3.63, 3.8) is 0 Å². The first-order valence-corrected chi connectivity index (χ1v) is 9.54. The van der Waals surface area contributed by atoms with Crippen LogP contribution in [0.5, 0.6) is 23.0 Å². The van der Waals surface area contributed by atoms with E-state index in [1.807, 2.05) is 0 Å². The number of halogens is 5. The summed E-state index contributed by atoms with van der Waals surface area (Å²) in [5, 5.41) is 11.9. The normalized spacial score (nSPS) is 10.8. The highest BCUT2D eigenvalue weighted by Crippen LogP contribution is 2.43. The van der Waals surface area contributed by atoms with Crippen LogP contribution in [0.2, 0.25) is 10.0 Å². The Morgan fingerprint density at radius 2 is 1.91 bits per heavy atom. The van der Waals surface area contributed by atoms with Crippen molar-refractivity contribution in [3.05, 3.63) is 58.5 Å². The maximum Gasteiger partial charge on any atom is 0.387 e. The van der Waals surface area contributed by atoms with Crippen LogP contribution < -0.4 is 20.5 Å². The fourth-order valence-corrected chi connectivity index (χ4v) is 3.10. The van der Waals surface area contributed by atoms with Crippen LogP contribution in [0.4, 0.5) is 19.0 Å². The zero-order chi connectivity index (χ0) is 23.4. The number of phenolic OH excluding ortho intramolecular Hbond substituents is 1. The number of pyridine rings is 1. The molecule has 32 heavy (non-hydrogen) atoms. The van der Waals surface area contributed by atoms with Crippen LogP contribution in [0, 0.1) is 5.95 Å². The molecule has 1 aromatic heterocycles. The molecule has 0 saturated heterocycles. The highest BCUT2D eigenvalue weighted by atomic mass is 35.5. The molecule has 0 aliphatic heterocycles. The van der Waals surface area contributed by atoms with Crippen molar-refractivity contribution in [2.24, 2.45) is 5.73 Å². The Hall–Kier alpha value is -3.37. The number of ether oxygens (including phenoxy) is 2. The maximum absolute atomic E-state index is 14.2. The van der Waals surface area contributed by atoms with Gasteiger partial charge >= 0.3 is 6.61 Å². The molecule has 4 N–H and O–H groups in total. The molecule has 1 amide bonds. The molecule has 0 aliphatic carbocycles. The Kier molecular flexibility index (Phi) is 7.16. The number of amides is 1. The highest BCUT2D eigenvalue weighted by molar-refractivity contribution is 6.38. The topological polar surface area (TPSA) is 107 Å². The number of anilines is 1. The number of nitrogens with zero attached hydrogens (tertiary/aromatic N) is 1. The van der Waals surface area contributed by atoms with Crippen LogP contribution in [-0.2, 0) is 4.79 Å². The number of phenols is 1. The van der Waals surface area contributed by atoms with Gasteiger partial charge < -0.3 is 25.6 Å². The SMILES string of the molecule is NC(=O)CNc1nc(F)c(Cl)c(Oc2ccc(O)c(-c3cccc(OC(F)F)c3)c2)c1Cl. The van der Waals surface area contributed by atoms with Crippen LogP contribution in [0.1, 0.15) is 0 Å². The van der Waals surface area contributed by atoms with Crippen molar-refractivity contribution in [2.75, 3.05) is 11.9 Å². The number of hydrogen-bond donors (Lipinski definition) is 3. The van der Waals surface area contributed by atoms with Crippen LogP contribution in [0.15, 0.2) is 42.5 Å². The molecule has 0 aliphatic rings. The van der Waals surface area contributed by atoms with Crippen LogP contribution in [0.3, 0.4) is 0 Å². The lowest BCUT2D eigenvalue weighted by Gasteiger charge is -2.15. The van der Waals surface area contributed by atoms with Crippen molar-refractivity contribution >= 4 is 34.9 Å². The third-order valence-electron chi connectivity index (χ3n) is 3.99. The predicted octanol–water partition coefficient (Wildman–Crippen LogP) is 5.19. The summed E-state index contributed by atoms with van der Waals surface area (Å²) in [6, 6.07) is 9.61. The lowest BCUT2D eigenvalue weighted by Crippen LogP contribution is -2.22. The van der Waals surface area contributed by atoms with E-state index >= 15 is 0 Å². The Labute approximate surface area is 189 Å². The van der Waals surface area contributed by atoms with Crippen molar-refractivity contribution in [2.45, 2.75) is 6.61 Å². The van der Waals surface area contributed by atoms with E-state index in [9.17, 15) is 23.1 Å². The molecule has 3 aromatic rings. The van der Waals surface area contributed by atoms with Gasteiger partial charge in [-0.2, -0.15) is 18.2 Å². The fourth-order valence-electron chi connectivity index (χ4n) is 2.64. The average molecular weight is 488 g/mol. The number of nitrogens with two attached hydrogens (primary N) is 1. The first-order valence-electron chi connectivity index (χ1n) is 8.78. The lowest BCUT2D eigenvalue weighted by atomic mass is 10.0. The number of benzene rings is 2. The predicted molar refractivity (Wildman–Crippen MR) is 112 cm³/mol. The molecule has 2 aromatic carbocycles. The Morgan fingerprint density at radius 1 is 1.16 bits per heavy atom. The van der Waals surface area contributed by atoms with Gasteiger partial charge in [0.25, 0.3) is 0 Å². The minimum absolute atomic E-state index is 0.0771. The molecule has 0 radical (unpaired) electrons. The lowest BCUT2D eigenvalue weighted by molar-refractivity contribution is -0.116. The molecule has 7 nitrogen and oxygen atoms in total. The van der Waals surface area contributed by atoms with Crippen LogP contribution in [0.25, 0.3) is 11.1 Å². The minimum atomic E-state index is -3.02.